The molecule has 0 spiro atoms. The van der Waals surface area contributed by atoms with Gasteiger partial charge in [-0.25, -0.2) is 8.42 Å². The van der Waals surface area contributed by atoms with Crippen LogP contribution in [0.2, 0.25) is 0 Å². The van der Waals surface area contributed by atoms with E-state index in [1.165, 1.54) is 44.2 Å². The Hall–Kier alpha value is -1.99. The number of nitrogens with one attached hydrogen (secondary N) is 2. The Labute approximate surface area is 171 Å². The standard InChI is InChI=1S/C21H26N2O3S2/c1-16-10-12-17(13-11-16)23-28(25,26)20-9-5-6-18(14-20)22-21(24)15-27-19-7-3-2-4-8-19/h5-6,9-14,19,23H,2-4,7-8,15H2,1H3,(H,22,24). The topological polar surface area (TPSA) is 75.3 Å². The van der Waals surface area contributed by atoms with Crippen LogP contribution in [0.5, 0.6) is 0 Å². The van der Waals surface area contributed by atoms with Crippen molar-refractivity contribution in [3.05, 3.63) is 54.1 Å². The lowest BCUT2D eigenvalue weighted by Crippen LogP contribution is -2.18. The fraction of sp³-hybridized carbons (Fsp3) is 0.381. The van der Waals surface area contributed by atoms with Crippen LogP contribution in [0.3, 0.4) is 0 Å². The Morgan fingerprint density at radius 1 is 1.04 bits per heavy atom. The molecule has 2 N–H and O–H groups in total. The summed E-state index contributed by atoms with van der Waals surface area (Å²) in [5.74, 6) is 0.292. The van der Waals surface area contributed by atoms with Crippen LogP contribution in [-0.4, -0.2) is 25.3 Å². The van der Waals surface area contributed by atoms with Crippen molar-refractivity contribution in [2.45, 2.75) is 49.2 Å². The van der Waals surface area contributed by atoms with Crippen molar-refractivity contribution in [3.8, 4) is 0 Å². The van der Waals surface area contributed by atoms with Gasteiger partial charge < -0.3 is 5.32 Å². The summed E-state index contributed by atoms with van der Waals surface area (Å²) in [6, 6.07) is 13.5. The number of thioether (sulfide) groups is 1. The molecule has 0 saturated heterocycles. The second-order valence-corrected chi connectivity index (χ2v) is 10.1. The lowest BCUT2D eigenvalue weighted by molar-refractivity contribution is -0.113. The van der Waals surface area contributed by atoms with E-state index < -0.39 is 10.0 Å². The Bertz CT molecular complexity index is 906. The van der Waals surface area contributed by atoms with Gasteiger partial charge in [-0.2, -0.15) is 0 Å². The molecule has 0 bridgehead atoms. The summed E-state index contributed by atoms with van der Waals surface area (Å²) >= 11 is 1.69. The molecule has 1 saturated carbocycles. The van der Waals surface area contributed by atoms with Gasteiger partial charge in [0.2, 0.25) is 5.91 Å². The Kier molecular flexibility index (Phi) is 7.02. The van der Waals surface area contributed by atoms with Crippen molar-refractivity contribution >= 4 is 39.1 Å². The number of sulfonamides is 1. The normalized spacial score (nSPS) is 15.2. The van der Waals surface area contributed by atoms with E-state index in [4.69, 9.17) is 0 Å². The smallest absolute Gasteiger partial charge is 0.261 e. The third-order valence-electron chi connectivity index (χ3n) is 4.73. The van der Waals surface area contributed by atoms with Gasteiger partial charge in [-0.3, -0.25) is 9.52 Å². The summed E-state index contributed by atoms with van der Waals surface area (Å²) < 4.78 is 27.8. The van der Waals surface area contributed by atoms with E-state index >= 15 is 0 Å². The molecule has 0 aromatic heterocycles. The summed E-state index contributed by atoms with van der Waals surface area (Å²) in [5.41, 5.74) is 2.05. The Balaban J connectivity index is 1.60. The summed E-state index contributed by atoms with van der Waals surface area (Å²) in [4.78, 5) is 12.4. The van der Waals surface area contributed by atoms with Crippen LogP contribution in [0.25, 0.3) is 0 Å². The molecule has 0 unspecified atom stereocenters. The molecule has 1 amide bonds. The number of rotatable bonds is 7. The highest BCUT2D eigenvalue weighted by Crippen LogP contribution is 2.28. The Morgan fingerprint density at radius 2 is 1.75 bits per heavy atom. The van der Waals surface area contributed by atoms with Crippen molar-refractivity contribution < 1.29 is 13.2 Å². The SMILES string of the molecule is Cc1ccc(NS(=O)(=O)c2cccc(NC(=O)CSC3CCCCC3)c2)cc1. The van der Waals surface area contributed by atoms with Gasteiger partial charge in [-0.05, 0) is 50.1 Å². The van der Waals surface area contributed by atoms with E-state index in [1.807, 2.05) is 19.1 Å². The monoisotopic (exact) mass is 418 g/mol. The van der Waals surface area contributed by atoms with Gasteiger partial charge >= 0.3 is 0 Å². The van der Waals surface area contributed by atoms with E-state index in [2.05, 4.69) is 10.0 Å². The molecule has 2 aromatic rings. The average Bonchev–Trinajstić information content (AvgIpc) is 2.69. The van der Waals surface area contributed by atoms with Crippen molar-refractivity contribution in [1.29, 1.82) is 0 Å². The zero-order chi connectivity index (χ0) is 20.0. The molecular weight excluding hydrogens is 392 g/mol. The molecular formula is C21H26N2O3S2. The van der Waals surface area contributed by atoms with Crippen LogP contribution in [0.1, 0.15) is 37.7 Å². The van der Waals surface area contributed by atoms with Crippen molar-refractivity contribution in [1.82, 2.24) is 0 Å². The third kappa shape index (κ3) is 6.01. The van der Waals surface area contributed by atoms with Gasteiger partial charge in [0.15, 0.2) is 0 Å². The predicted molar refractivity (Wildman–Crippen MR) is 116 cm³/mol. The van der Waals surface area contributed by atoms with Gasteiger partial charge in [-0.1, -0.05) is 43.0 Å². The van der Waals surface area contributed by atoms with Crippen molar-refractivity contribution in [2.75, 3.05) is 15.8 Å². The maximum absolute atomic E-state index is 12.6. The van der Waals surface area contributed by atoms with E-state index in [9.17, 15) is 13.2 Å². The molecule has 0 atom stereocenters. The molecule has 0 aliphatic heterocycles. The van der Waals surface area contributed by atoms with Crippen LogP contribution < -0.4 is 10.0 Å². The van der Waals surface area contributed by atoms with E-state index in [0.717, 1.165) is 5.56 Å². The molecule has 7 heteroatoms. The first-order chi connectivity index (χ1) is 13.4. The molecule has 3 rings (SSSR count). The van der Waals surface area contributed by atoms with Gasteiger partial charge in [0.25, 0.3) is 10.0 Å². The summed E-state index contributed by atoms with van der Waals surface area (Å²) in [6.07, 6.45) is 6.13. The van der Waals surface area contributed by atoms with Crippen LogP contribution in [0.4, 0.5) is 11.4 Å². The number of carbonyl (C=O) groups is 1. The van der Waals surface area contributed by atoms with Gasteiger partial charge in [0.05, 0.1) is 10.6 Å². The lowest BCUT2D eigenvalue weighted by atomic mass is 10.0. The molecule has 1 aliphatic carbocycles. The highest BCUT2D eigenvalue weighted by atomic mass is 32.2. The first-order valence-electron chi connectivity index (χ1n) is 9.53. The van der Waals surface area contributed by atoms with Crippen LogP contribution in [-0.2, 0) is 14.8 Å². The summed E-state index contributed by atoms with van der Waals surface area (Å²) in [6.45, 7) is 1.94. The van der Waals surface area contributed by atoms with Gasteiger partial charge in [0.1, 0.15) is 0 Å². The van der Waals surface area contributed by atoms with E-state index in [1.54, 1.807) is 36.0 Å². The zero-order valence-corrected chi connectivity index (χ0v) is 17.6. The number of hydrogen-bond donors (Lipinski definition) is 2. The molecule has 28 heavy (non-hydrogen) atoms. The predicted octanol–water partition coefficient (Wildman–Crippen LogP) is 4.80. The molecule has 1 aliphatic rings. The summed E-state index contributed by atoms with van der Waals surface area (Å²) in [7, 11) is -3.72. The number of hydrogen-bond acceptors (Lipinski definition) is 4. The fourth-order valence-electron chi connectivity index (χ4n) is 3.20. The number of amides is 1. The first-order valence-corrected chi connectivity index (χ1v) is 12.1. The van der Waals surface area contributed by atoms with Crippen LogP contribution in [0.15, 0.2) is 53.4 Å². The number of anilines is 2. The molecule has 1 fully saturated rings. The largest absolute Gasteiger partial charge is 0.325 e. The average molecular weight is 419 g/mol. The Morgan fingerprint density at radius 3 is 2.46 bits per heavy atom. The van der Waals surface area contributed by atoms with Crippen LogP contribution >= 0.6 is 11.8 Å². The molecule has 5 nitrogen and oxygen atoms in total. The third-order valence-corrected chi connectivity index (χ3v) is 7.48. The quantitative estimate of drug-likeness (QED) is 0.677. The minimum absolute atomic E-state index is 0.100. The number of aryl methyl sites for hydroxylation is 1. The highest BCUT2D eigenvalue weighted by Gasteiger charge is 2.17. The number of benzene rings is 2. The van der Waals surface area contributed by atoms with Crippen LogP contribution in [0, 0.1) is 6.92 Å². The fourth-order valence-corrected chi connectivity index (χ4v) is 5.43. The molecule has 0 radical (unpaired) electrons. The first kappa shape index (κ1) is 20.7. The van der Waals surface area contributed by atoms with E-state index in [0.29, 0.717) is 22.4 Å². The second kappa shape index (κ2) is 9.47. The number of carbonyl (C=O) groups excluding carboxylic acids is 1. The highest BCUT2D eigenvalue weighted by molar-refractivity contribution is 8.00. The lowest BCUT2D eigenvalue weighted by Gasteiger charge is -2.20. The molecule has 150 valence electrons. The minimum atomic E-state index is -3.72. The minimum Gasteiger partial charge on any atom is -0.325 e. The van der Waals surface area contributed by atoms with Crippen molar-refractivity contribution in [3.63, 3.8) is 0 Å². The van der Waals surface area contributed by atoms with Gasteiger partial charge in [-0.15, -0.1) is 11.8 Å². The van der Waals surface area contributed by atoms with E-state index in [-0.39, 0.29) is 10.8 Å². The van der Waals surface area contributed by atoms with Gasteiger partial charge in [0, 0.05) is 16.6 Å². The maximum Gasteiger partial charge on any atom is 0.261 e. The zero-order valence-electron chi connectivity index (χ0n) is 16.0. The molecule has 2 aromatic carbocycles. The molecule has 0 heterocycles. The van der Waals surface area contributed by atoms with Crippen molar-refractivity contribution in [2.24, 2.45) is 0 Å². The maximum atomic E-state index is 12.6. The summed E-state index contributed by atoms with van der Waals surface area (Å²) in [5, 5.41) is 3.37. The second-order valence-electron chi connectivity index (χ2n) is 7.12.